The van der Waals surface area contributed by atoms with Crippen LogP contribution in [0.4, 0.5) is 0 Å². The summed E-state index contributed by atoms with van der Waals surface area (Å²) in [5, 5.41) is 11.5. The molecular weight excluding hydrogens is 206 g/mol. The highest BCUT2D eigenvalue weighted by Gasteiger charge is 2.21. The van der Waals surface area contributed by atoms with Crippen molar-refractivity contribution in [3.8, 4) is 0 Å². The lowest BCUT2D eigenvalue weighted by atomic mass is 10.0. The third-order valence-electron chi connectivity index (χ3n) is 2.63. The second-order valence-electron chi connectivity index (χ2n) is 4.23. The highest BCUT2D eigenvalue weighted by molar-refractivity contribution is 5.84. The quantitative estimate of drug-likeness (QED) is 0.670. The number of aliphatic carboxylic acids is 1. The number of hydrogen-bond donors (Lipinski definition) is 2. The Morgan fingerprint density at radius 1 is 1.19 bits per heavy atom. The molecule has 16 heavy (non-hydrogen) atoms. The smallest absolute Gasteiger partial charge is 0.326 e. The van der Waals surface area contributed by atoms with Gasteiger partial charge in [0.05, 0.1) is 0 Å². The van der Waals surface area contributed by atoms with Crippen LogP contribution in [0.25, 0.3) is 0 Å². The number of amides is 1. The van der Waals surface area contributed by atoms with Crippen molar-refractivity contribution in [2.24, 2.45) is 5.92 Å². The molecule has 0 fully saturated rings. The van der Waals surface area contributed by atoms with Crippen LogP contribution in [-0.2, 0) is 9.59 Å². The minimum Gasteiger partial charge on any atom is -0.480 e. The Bertz CT molecular complexity index is 228. The number of rotatable bonds is 8. The van der Waals surface area contributed by atoms with Crippen molar-refractivity contribution in [1.29, 1.82) is 0 Å². The molecule has 0 aromatic heterocycles. The maximum atomic E-state index is 11.7. The lowest BCUT2D eigenvalue weighted by Crippen LogP contribution is -2.43. The molecule has 0 saturated carbocycles. The second-order valence-corrected chi connectivity index (χ2v) is 4.23. The van der Waals surface area contributed by atoms with Crippen molar-refractivity contribution in [1.82, 2.24) is 5.32 Å². The van der Waals surface area contributed by atoms with Crippen molar-refractivity contribution < 1.29 is 14.7 Å². The zero-order valence-electron chi connectivity index (χ0n) is 10.5. The van der Waals surface area contributed by atoms with Gasteiger partial charge in [-0.1, -0.05) is 40.0 Å². The van der Waals surface area contributed by atoms with Gasteiger partial charge in [-0.2, -0.15) is 0 Å². The van der Waals surface area contributed by atoms with Gasteiger partial charge in [0.2, 0.25) is 5.91 Å². The molecular formula is C12H23NO3. The predicted molar refractivity (Wildman–Crippen MR) is 63.2 cm³/mol. The first-order chi connectivity index (χ1) is 7.52. The fourth-order valence-electron chi connectivity index (χ4n) is 1.50. The molecule has 0 aliphatic carbocycles. The summed E-state index contributed by atoms with van der Waals surface area (Å²) in [6.07, 6.45) is 4.11. The Morgan fingerprint density at radius 2 is 1.81 bits per heavy atom. The average molecular weight is 229 g/mol. The molecule has 2 atom stereocenters. The molecule has 0 spiro atoms. The maximum Gasteiger partial charge on any atom is 0.326 e. The molecule has 0 aliphatic heterocycles. The largest absolute Gasteiger partial charge is 0.480 e. The van der Waals surface area contributed by atoms with Crippen molar-refractivity contribution in [3.05, 3.63) is 0 Å². The highest BCUT2D eigenvalue weighted by atomic mass is 16.4. The summed E-state index contributed by atoms with van der Waals surface area (Å²) in [7, 11) is 0. The number of unbranched alkanes of at least 4 members (excludes halogenated alkanes) is 1. The fourth-order valence-corrected chi connectivity index (χ4v) is 1.50. The standard InChI is InChI=1S/C12H23NO3/c1-4-6-8-9(3)11(14)13-10(7-5-2)12(15)16/h9-10H,4-8H2,1-3H3,(H,13,14)(H,15,16). The summed E-state index contributed by atoms with van der Waals surface area (Å²) in [5.74, 6) is -1.19. The van der Waals surface area contributed by atoms with Gasteiger partial charge in [-0.25, -0.2) is 4.79 Å². The number of nitrogens with one attached hydrogen (secondary N) is 1. The van der Waals surface area contributed by atoms with E-state index >= 15 is 0 Å². The Labute approximate surface area is 97.4 Å². The van der Waals surface area contributed by atoms with Crippen molar-refractivity contribution in [2.45, 2.75) is 58.9 Å². The van der Waals surface area contributed by atoms with Crippen LogP contribution in [0.2, 0.25) is 0 Å². The number of carboxylic acid groups (broad SMARTS) is 1. The van der Waals surface area contributed by atoms with Gasteiger partial charge < -0.3 is 10.4 Å². The number of carbonyl (C=O) groups excluding carboxylic acids is 1. The molecule has 0 heterocycles. The molecule has 0 bridgehead atoms. The molecule has 0 aliphatic rings. The molecule has 4 heteroatoms. The Balaban J connectivity index is 4.12. The van der Waals surface area contributed by atoms with E-state index in [1.54, 1.807) is 0 Å². The average Bonchev–Trinajstić information content (AvgIpc) is 2.24. The van der Waals surface area contributed by atoms with E-state index in [2.05, 4.69) is 12.2 Å². The van der Waals surface area contributed by atoms with Gasteiger partial charge in [-0.3, -0.25) is 4.79 Å². The molecule has 0 saturated heterocycles. The van der Waals surface area contributed by atoms with E-state index in [0.29, 0.717) is 6.42 Å². The lowest BCUT2D eigenvalue weighted by molar-refractivity contribution is -0.142. The topological polar surface area (TPSA) is 66.4 Å². The lowest BCUT2D eigenvalue weighted by Gasteiger charge is -2.17. The molecule has 2 N–H and O–H groups in total. The highest BCUT2D eigenvalue weighted by Crippen LogP contribution is 2.08. The zero-order chi connectivity index (χ0) is 12.6. The van der Waals surface area contributed by atoms with E-state index in [0.717, 1.165) is 25.7 Å². The summed E-state index contributed by atoms with van der Waals surface area (Å²) in [6.45, 7) is 5.82. The van der Waals surface area contributed by atoms with Gasteiger partial charge in [-0.15, -0.1) is 0 Å². The Hall–Kier alpha value is -1.06. The van der Waals surface area contributed by atoms with Crippen LogP contribution in [0.15, 0.2) is 0 Å². The first-order valence-electron chi connectivity index (χ1n) is 6.06. The summed E-state index contributed by atoms with van der Waals surface area (Å²) >= 11 is 0. The van der Waals surface area contributed by atoms with E-state index in [1.165, 1.54) is 0 Å². The van der Waals surface area contributed by atoms with Crippen LogP contribution in [-0.4, -0.2) is 23.0 Å². The Morgan fingerprint density at radius 3 is 2.25 bits per heavy atom. The fraction of sp³-hybridized carbons (Fsp3) is 0.833. The predicted octanol–water partition coefficient (Wildman–Crippen LogP) is 2.18. The third-order valence-corrected chi connectivity index (χ3v) is 2.63. The molecule has 2 unspecified atom stereocenters. The summed E-state index contributed by atoms with van der Waals surface area (Å²) in [6, 6.07) is -0.735. The van der Waals surface area contributed by atoms with Gasteiger partial charge >= 0.3 is 5.97 Å². The van der Waals surface area contributed by atoms with Crippen LogP contribution >= 0.6 is 0 Å². The summed E-state index contributed by atoms with van der Waals surface area (Å²) in [4.78, 5) is 22.5. The third kappa shape index (κ3) is 5.73. The van der Waals surface area contributed by atoms with Crippen LogP contribution in [0, 0.1) is 5.92 Å². The first kappa shape index (κ1) is 14.9. The maximum absolute atomic E-state index is 11.7. The zero-order valence-corrected chi connectivity index (χ0v) is 10.5. The van der Waals surface area contributed by atoms with Crippen LogP contribution < -0.4 is 5.32 Å². The minimum atomic E-state index is -0.946. The normalized spacial score (nSPS) is 14.2. The van der Waals surface area contributed by atoms with Crippen molar-refractivity contribution in [2.75, 3.05) is 0 Å². The van der Waals surface area contributed by atoms with E-state index in [1.807, 2.05) is 13.8 Å². The van der Waals surface area contributed by atoms with E-state index < -0.39 is 12.0 Å². The monoisotopic (exact) mass is 229 g/mol. The first-order valence-corrected chi connectivity index (χ1v) is 6.06. The van der Waals surface area contributed by atoms with Gasteiger partial charge in [0, 0.05) is 5.92 Å². The van der Waals surface area contributed by atoms with Crippen molar-refractivity contribution >= 4 is 11.9 Å². The van der Waals surface area contributed by atoms with Crippen LogP contribution in [0.5, 0.6) is 0 Å². The molecule has 1 amide bonds. The van der Waals surface area contributed by atoms with E-state index in [-0.39, 0.29) is 11.8 Å². The van der Waals surface area contributed by atoms with Gasteiger partial charge in [0.1, 0.15) is 6.04 Å². The molecule has 0 rings (SSSR count). The minimum absolute atomic E-state index is 0.0985. The number of carboxylic acids is 1. The van der Waals surface area contributed by atoms with Crippen LogP contribution in [0.3, 0.4) is 0 Å². The summed E-state index contributed by atoms with van der Waals surface area (Å²) < 4.78 is 0. The Kier molecular flexibility index (Phi) is 7.60. The number of hydrogen-bond acceptors (Lipinski definition) is 2. The van der Waals surface area contributed by atoms with Crippen LogP contribution in [0.1, 0.15) is 52.9 Å². The molecule has 94 valence electrons. The van der Waals surface area contributed by atoms with Crippen molar-refractivity contribution in [3.63, 3.8) is 0 Å². The van der Waals surface area contributed by atoms with E-state index in [4.69, 9.17) is 5.11 Å². The molecule has 0 radical (unpaired) electrons. The SMILES string of the molecule is CCCCC(C)C(=O)NC(CCC)C(=O)O. The van der Waals surface area contributed by atoms with Gasteiger partial charge in [0.15, 0.2) is 0 Å². The molecule has 0 aromatic rings. The molecule has 0 aromatic carbocycles. The van der Waals surface area contributed by atoms with Gasteiger partial charge in [-0.05, 0) is 12.8 Å². The van der Waals surface area contributed by atoms with Gasteiger partial charge in [0.25, 0.3) is 0 Å². The van der Waals surface area contributed by atoms with E-state index in [9.17, 15) is 9.59 Å². The summed E-state index contributed by atoms with van der Waals surface area (Å²) in [5.41, 5.74) is 0. The molecule has 4 nitrogen and oxygen atoms in total. The second kappa shape index (κ2) is 8.13. The number of carbonyl (C=O) groups is 2.